The van der Waals surface area contributed by atoms with Crippen LogP contribution in [0.4, 0.5) is 5.69 Å². The summed E-state index contributed by atoms with van der Waals surface area (Å²) in [6.45, 7) is 1.93. The van der Waals surface area contributed by atoms with E-state index in [2.05, 4.69) is 4.99 Å². The highest BCUT2D eigenvalue weighted by molar-refractivity contribution is 7.87. The van der Waals surface area contributed by atoms with Gasteiger partial charge in [-0.3, -0.25) is 4.99 Å². The van der Waals surface area contributed by atoms with Gasteiger partial charge in [0.15, 0.2) is 5.75 Å². The van der Waals surface area contributed by atoms with Gasteiger partial charge in [-0.05, 0) is 65.7 Å². The summed E-state index contributed by atoms with van der Waals surface area (Å²) in [7, 11) is -4.06. The van der Waals surface area contributed by atoms with Gasteiger partial charge in [-0.1, -0.05) is 59.6 Å². The number of rotatable bonds is 5. The van der Waals surface area contributed by atoms with Crippen molar-refractivity contribution < 1.29 is 12.6 Å². The van der Waals surface area contributed by atoms with E-state index in [0.717, 1.165) is 16.3 Å². The number of hydrogen-bond donors (Lipinski definition) is 0. The monoisotopic (exact) mass is 469 g/mol. The molecule has 4 aromatic rings. The molecule has 0 aliphatic rings. The zero-order chi connectivity index (χ0) is 22.0. The molecule has 0 unspecified atom stereocenters. The average molecular weight is 470 g/mol. The molecule has 0 amide bonds. The first kappa shape index (κ1) is 21.4. The zero-order valence-corrected chi connectivity index (χ0v) is 18.7. The molecule has 31 heavy (non-hydrogen) atoms. The summed E-state index contributed by atoms with van der Waals surface area (Å²) in [4.78, 5) is 4.57. The molecule has 0 N–H and O–H groups in total. The summed E-state index contributed by atoms with van der Waals surface area (Å²) in [6.07, 6.45) is 1.60. The Hall–Kier alpha value is -2.86. The Kier molecular flexibility index (Phi) is 6.01. The Morgan fingerprint density at radius 3 is 2.35 bits per heavy atom. The molecule has 4 aromatic carbocycles. The van der Waals surface area contributed by atoms with Crippen LogP contribution in [-0.2, 0) is 10.1 Å². The van der Waals surface area contributed by atoms with Crippen LogP contribution in [0.15, 0.2) is 88.8 Å². The summed E-state index contributed by atoms with van der Waals surface area (Å²) < 4.78 is 31.2. The highest BCUT2D eigenvalue weighted by Gasteiger charge is 2.19. The van der Waals surface area contributed by atoms with E-state index in [4.69, 9.17) is 27.4 Å². The van der Waals surface area contributed by atoms with Crippen LogP contribution >= 0.6 is 23.2 Å². The molecule has 0 aliphatic carbocycles. The van der Waals surface area contributed by atoms with E-state index < -0.39 is 10.1 Å². The number of fused-ring (bicyclic) bond motifs is 1. The lowest BCUT2D eigenvalue weighted by Crippen LogP contribution is -2.11. The van der Waals surface area contributed by atoms with Crippen LogP contribution in [0.2, 0.25) is 10.0 Å². The predicted octanol–water partition coefficient (Wildman–Crippen LogP) is 6.97. The summed E-state index contributed by atoms with van der Waals surface area (Å²) >= 11 is 12.0. The molecule has 0 spiro atoms. The van der Waals surface area contributed by atoms with E-state index in [-0.39, 0.29) is 10.6 Å². The molecule has 0 saturated carbocycles. The predicted molar refractivity (Wildman–Crippen MR) is 127 cm³/mol. The first-order valence-corrected chi connectivity index (χ1v) is 11.5. The molecule has 0 aliphatic heterocycles. The lowest BCUT2D eigenvalue weighted by Gasteiger charge is -2.12. The first-order valence-electron chi connectivity index (χ1n) is 9.35. The summed E-state index contributed by atoms with van der Waals surface area (Å²) in [6, 6.07) is 22.3. The number of benzene rings is 4. The van der Waals surface area contributed by atoms with Crippen molar-refractivity contribution in [3.63, 3.8) is 0 Å². The van der Waals surface area contributed by atoms with Crippen LogP contribution in [0.5, 0.6) is 5.75 Å². The van der Waals surface area contributed by atoms with Gasteiger partial charge in [-0.2, -0.15) is 8.42 Å². The Balaban J connectivity index is 1.81. The van der Waals surface area contributed by atoms with Gasteiger partial charge in [0.05, 0.1) is 5.69 Å². The van der Waals surface area contributed by atoms with Crippen molar-refractivity contribution >= 4 is 56.0 Å². The third-order valence-corrected chi connectivity index (χ3v) is 6.47. The molecular formula is C24H17Cl2NO3S. The van der Waals surface area contributed by atoms with Crippen molar-refractivity contribution in [3.8, 4) is 5.75 Å². The van der Waals surface area contributed by atoms with E-state index in [1.54, 1.807) is 24.4 Å². The van der Waals surface area contributed by atoms with Crippen molar-refractivity contribution in [1.82, 2.24) is 0 Å². The maximum Gasteiger partial charge on any atom is 0.339 e. The minimum absolute atomic E-state index is 0.0126. The average Bonchev–Trinajstić information content (AvgIpc) is 2.75. The highest BCUT2D eigenvalue weighted by atomic mass is 35.5. The van der Waals surface area contributed by atoms with E-state index in [0.29, 0.717) is 21.3 Å². The van der Waals surface area contributed by atoms with Crippen LogP contribution in [-0.4, -0.2) is 14.6 Å². The van der Waals surface area contributed by atoms with Gasteiger partial charge in [0.25, 0.3) is 0 Å². The largest absolute Gasteiger partial charge is 0.378 e. The second-order valence-electron chi connectivity index (χ2n) is 6.88. The van der Waals surface area contributed by atoms with Gasteiger partial charge in [0.2, 0.25) is 0 Å². The molecule has 0 heterocycles. The van der Waals surface area contributed by atoms with Crippen LogP contribution in [0.1, 0.15) is 11.1 Å². The van der Waals surface area contributed by atoms with Crippen molar-refractivity contribution in [3.05, 3.63) is 100 Å². The van der Waals surface area contributed by atoms with E-state index in [9.17, 15) is 8.42 Å². The van der Waals surface area contributed by atoms with Crippen LogP contribution in [0.25, 0.3) is 10.8 Å². The summed E-state index contributed by atoms with van der Waals surface area (Å²) in [5.41, 5.74) is 2.18. The quantitative estimate of drug-likeness (QED) is 0.234. The van der Waals surface area contributed by atoms with E-state index in [1.165, 1.54) is 24.3 Å². The fourth-order valence-electron chi connectivity index (χ4n) is 3.10. The fourth-order valence-corrected chi connectivity index (χ4v) is 4.34. The SMILES string of the molecule is Cc1ccc(Cl)cc1N=Cc1c(OS(=O)(=O)c2ccc(Cl)cc2)ccc2ccccc12. The second-order valence-corrected chi connectivity index (χ2v) is 9.30. The number of halogens is 2. The standard InChI is InChI=1S/C24H17Cl2NO3S/c1-16-6-8-19(26)14-23(16)27-15-22-21-5-3-2-4-17(21)7-13-24(22)30-31(28,29)20-11-9-18(25)10-12-20/h2-15H,1H3. The molecule has 0 bridgehead atoms. The molecule has 156 valence electrons. The molecule has 0 aromatic heterocycles. The maximum absolute atomic E-state index is 12.8. The Morgan fingerprint density at radius 2 is 1.58 bits per heavy atom. The third-order valence-electron chi connectivity index (χ3n) is 4.74. The Labute approximate surface area is 190 Å². The Morgan fingerprint density at radius 1 is 0.871 bits per heavy atom. The molecular weight excluding hydrogens is 453 g/mol. The van der Waals surface area contributed by atoms with E-state index >= 15 is 0 Å². The topological polar surface area (TPSA) is 55.7 Å². The highest BCUT2D eigenvalue weighted by Crippen LogP contribution is 2.31. The zero-order valence-electron chi connectivity index (χ0n) is 16.4. The maximum atomic E-state index is 12.8. The summed E-state index contributed by atoms with van der Waals surface area (Å²) in [5.74, 6) is 0.178. The minimum Gasteiger partial charge on any atom is -0.378 e. The van der Waals surface area contributed by atoms with Crippen molar-refractivity contribution in [2.45, 2.75) is 11.8 Å². The fraction of sp³-hybridized carbons (Fsp3) is 0.0417. The molecule has 4 rings (SSSR count). The smallest absolute Gasteiger partial charge is 0.339 e. The van der Waals surface area contributed by atoms with Crippen LogP contribution in [0.3, 0.4) is 0 Å². The number of aryl methyl sites for hydroxylation is 1. The number of nitrogens with zero attached hydrogens (tertiary/aromatic N) is 1. The molecule has 7 heteroatoms. The lowest BCUT2D eigenvalue weighted by atomic mass is 10.0. The van der Waals surface area contributed by atoms with Crippen LogP contribution in [0, 0.1) is 6.92 Å². The van der Waals surface area contributed by atoms with Gasteiger partial charge in [-0.25, -0.2) is 0 Å². The van der Waals surface area contributed by atoms with Crippen molar-refractivity contribution in [1.29, 1.82) is 0 Å². The molecule has 0 fully saturated rings. The van der Waals surface area contributed by atoms with Gasteiger partial charge in [0.1, 0.15) is 4.90 Å². The molecule has 4 nitrogen and oxygen atoms in total. The molecule has 0 radical (unpaired) electrons. The van der Waals surface area contributed by atoms with Crippen LogP contribution < -0.4 is 4.18 Å². The van der Waals surface area contributed by atoms with Gasteiger partial charge < -0.3 is 4.18 Å². The normalized spacial score (nSPS) is 11.8. The molecule has 0 atom stereocenters. The first-order chi connectivity index (χ1) is 14.8. The van der Waals surface area contributed by atoms with Gasteiger partial charge in [0, 0.05) is 21.8 Å². The van der Waals surface area contributed by atoms with Crippen molar-refractivity contribution in [2.24, 2.45) is 4.99 Å². The van der Waals surface area contributed by atoms with E-state index in [1.807, 2.05) is 43.3 Å². The second kappa shape index (κ2) is 8.71. The van der Waals surface area contributed by atoms with Gasteiger partial charge >= 0.3 is 10.1 Å². The van der Waals surface area contributed by atoms with Gasteiger partial charge in [-0.15, -0.1) is 0 Å². The molecule has 0 saturated heterocycles. The number of aliphatic imine (C=N–C) groups is 1. The third kappa shape index (κ3) is 4.74. The summed E-state index contributed by atoms with van der Waals surface area (Å²) in [5, 5.41) is 2.75. The number of hydrogen-bond acceptors (Lipinski definition) is 4. The Bertz CT molecular complexity index is 1400. The van der Waals surface area contributed by atoms with Crippen molar-refractivity contribution in [2.75, 3.05) is 0 Å². The minimum atomic E-state index is -4.06. The lowest BCUT2D eigenvalue weighted by molar-refractivity contribution is 0.486.